The van der Waals surface area contributed by atoms with Crippen molar-refractivity contribution in [2.45, 2.75) is 13.8 Å². The Morgan fingerprint density at radius 2 is 1.70 bits per heavy atom. The lowest BCUT2D eigenvalue weighted by Crippen LogP contribution is -1.99. The van der Waals surface area contributed by atoms with Gasteiger partial charge in [-0.05, 0) is 66.9 Å². The van der Waals surface area contributed by atoms with Gasteiger partial charge in [-0.2, -0.15) is 0 Å². The Bertz CT molecular complexity index is 737. The Hall–Kier alpha value is -2.75. The van der Waals surface area contributed by atoms with Gasteiger partial charge < -0.3 is 14.6 Å². The minimum absolute atomic E-state index is 0.177. The van der Waals surface area contributed by atoms with Gasteiger partial charge in [0.25, 0.3) is 0 Å². The van der Waals surface area contributed by atoms with Gasteiger partial charge in [0.2, 0.25) is 0 Å². The summed E-state index contributed by atoms with van der Waals surface area (Å²) in [6.45, 7) is 3.65. The van der Waals surface area contributed by atoms with E-state index in [1.807, 2.05) is 26.0 Å². The molecule has 0 saturated heterocycles. The van der Waals surface area contributed by atoms with Crippen molar-refractivity contribution < 1.29 is 19.4 Å². The maximum Gasteiger partial charge on any atom is 0.189 e. The molecule has 0 amide bonds. The average Bonchev–Trinajstić information content (AvgIpc) is 2.56. The summed E-state index contributed by atoms with van der Waals surface area (Å²) in [7, 11) is 3.07. The maximum absolute atomic E-state index is 12.4. The third-order valence-electron chi connectivity index (χ3n) is 3.61. The van der Waals surface area contributed by atoms with E-state index in [0.29, 0.717) is 17.1 Å². The molecule has 4 heteroatoms. The lowest BCUT2D eigenvalue weighted by atomic mass is 10.0. The van der Waals surface area contributed by atoms with Gasteiger partial charge in [0, 0.05) is 0 Å². The molecule has 0 bridgehead atoms. The molecular weight excluding hydrogens is 292 g/mol. The molecule has 4 nitrogen and oxygen atoms in total. The second kappa shape index (κ2) is 7.01. The van der Waals surface area contributed by atoms with Crippen LogP contribution < -0.4 is 9.47 Å². The normalized spacial score (nSPS) is 10.8. The highest BCUT2D eigenvalue weighted by Crippen LogP contribution is 2.26. The van der Waals surface area contributed by atoms with E-state index in [9.17, 15) is 9.90 Å². The van der Waals surface area contributed by atoms with Crippen molar-refractivity contribution in [3.8, 4) is 17.2 Å². The van der Waals surface area contributed by atoms with Gasteiger partial charge >= 0.3 is 0 Å². The fourth-order valence-corrected chi connectivity index (χ4v) is 2.35. The topological polar surface area (TPSA) is 55.8 Å². The number of hydrogen-bond donors (Lipinski definition) is 1. The average molecular weight is 312 g/mol. The molecule has 2 aromatic rings. The molecule has 0 aliphatic carbocycles. The summed E-state index contributed by atoms with van der Waals surface area (Å²) in [5.41, 5.74) is 2.84. The lowest BCUT2D eigenvalue weighted by Gasteiger charge is -2.08. The molecule has 2 aromatic carbocycles. The number of allylic oxidation sites excluding steroid dienone is 1. The molecule has 0 unspecified atom stereocenters. The van der Waals surface area contributed by atoms with E-state index in [2.05, 4.69) is 0 Å². The van der Waals surface area contributed by atoms with Crippen LogP contribution in [0.25, 0.3) is 6.08 Å². The summed E-state index contributed by atoms with van der Waals surface area (Å²) in [6.07, 6.45) is 3.21. The first-order valence-corrected chi connectivity index (χ1v) is 7.21. The standard InChI is InChI=1S/C19H20O4/c1-12-9-14(10-13(2)19(12)21)5-7-17(20)16-11-15(22-3)6-8-18(16)23-4/h5-11,21H,1-4H3. The first kappa shape index (κ1) is 16.6. The van der Waals surface area contributed by atoms with Crippen LogP contribution in [0.3, 0.4) is 0 Å². The number of ketones is 1. The summed E-state index contributed by atoms with van der Waals surface area (Å²) >= 11 is 0. The minimum Gasteiger partial charge on any atom is -0.507 e. The predicted octanol–water partition coefficient (Wildman–Crippen LogP) is 3.92. The van der Waals surface area contributed by atoms with Crippen molar-refractivity contribution in [3.05, 3.63) is 58.7 Å². The van der Waals surface area contributed by atoms with Gasteiger partial charge in [0.05, 0.1) is 19.8 Å². The van der Waals surface area contributed by atoms with Crippen molar-refractivity contribution in [1.29, 1.82) is 0 Å². The second-order valence-corrected chi connectivity index (χ2v) is 5.27. The quantitative estimate of drug-likeness (QED) is 0.671. The second-order valence-electron chi connectivity index (χ2n) is 5.27. The first-order chi connectivity index (χ1) is 11.0. The van der Waals surface area contributed by atoms with Crippen LogP contribution in [0, 0.1) is 13.8 Å². The fraction of sp³-hybridized carbons (Fsp3) is 0.211. The summed E-state index contributed by atoms with van der Waals surface area (Å²) in [4.78, 5) is 12.4. The van der Waals surface area contributed by atoms with Gasteiger partial charge in [0.15, 0.2) is 5.78 Å². The van der Waals surface area contributed by atoms with E-state index >= 15 is 0 Å². The van der Waals surface area contributed by atoms with E-state index in [4.69, 9.17) is 9.47 Å². The number of phenolic OH excluding ortho intramolecular Hbond substituents is 1. The summed E-state index contributed by atoms with van der Waals surface area (Å²) in [5, 5.41) is 9.79. The van der Waals surface area contributed by atoms with Crippen LogP contribution in [0.1, 0.15) is 27.0 Å². The largest absolute Gasteiger partial charge is 0.507 e. The predicted molar refractivity (Wildman–Crippen MR) is 90.5 cm³/mol. The molecule has 0 atom stereocenters. The summed E-state index contributed by atoms with van der Waals surface area (Å²) in [6, 6.07) is 8.75. The molecule has 0 aliphatic rings. The molecule has 0 saturated carbocycles. The first-order valence-electron chi connectivity index (χ1n) is 7.21. The monoisotopic (exact) mass is 312 g/mol. The number of aryl methyl sites for hydroxylation is 2. The SMILES string of the molecule is COc1ccc(OC)c(C(=O)C=Cc2cc(C)c(O)c(C)c2)c1. The number of ether oxygens (including phenoxy) is 2. The number of methoxy groups -OCH3 is 2. The Kier molecular flexibility index (Phi) is 5.06. The van der Waals surface area contributed by atoms with Crippen LogP contribution in [-0.4, -0.2) is 25.1 Å². The zero-order valence-electron chi connectivity index (χ0n) is 13.7. The molecule has 0 fully saturated rings. The van der Waals surface area contributed by atoms with Crippen LogP contribution in [0.4, 0.5) is 0 Å². The highest BCUT2D eigenvalue weighted by Gasteiger charge is 2.11. The van der Waals surface area contributed by atoms with Gasteiger partial charge in [-0.1, -0.05) is 6.08 Å². The molecule has 0 aromatic heterocycles. The van der Waals surface area contributed by atoms with E-state index in [-0.39, 0.29) is 11.5 Å². The smallest absolute Gasteiger partial charge is 0.189 e. The van der Waals surface area contributed by atoms with Crippen molar-refractivity contribution in [2.75, 3.05) is 14.2 Å². The van der Waals surface area contributed by atoms with E-state index in [1.165, 1.54) is 13.2 Å². The number of aromatic hydroxyl groups is 1. The van der Waals surface area contributed by atoms with Gasteiger partial charge in [-0.15, -0.1) is 0 Å². The molecule has 120 valence electrons. The molecule has 0 spiro atoms. The van der Waals surface area contributed by atoms with Crippen molar-refractivity contribution in [3.63, 3.8) is 0 Å². The molecule has 0 radical (unpaired) electrons. The highest BCUT2D eigenvalue weighted by molar-refractivity contribution is 6.08. The number of phenols is 1. The number of carbonyl (C=O) groups excluding carboxylic acids is 1. The fourth-order valence-electron chi connectivity index (χ4n) is 2.35. The molecule has 0 aliphatic heterocycles. The van der Waals surface area contributed by atoms with Gasteiger partial charge in [0.1, 0.15) is 17.2 Å². The molecular formula is C19H20O4. The minimum atomic E-state index is -0.177. The molecule has 0 heterocycles. The Morgan fingerprint density at radius 3 is 2.26 bits per heavy atom. The van der Waals surface area contributed by atoms with Gasteiger partial charge in [-0.25, -0.2) is 0 Å². The van der Waals surface area contributed by atoms with Crippen LogP contribution in [0.2, 0.25) is 0 Å². The Labute approximate surface area is 136 Å². The molecule has 1 N–H and O–H groups in total. The van der Waals surface area contributed by atoms with E-state index < -0.39 is 0 Å². The maximum atomic E-state index is 12.4. The van der Waals surface area contributed by atoms with Crippen molar-refractivity contribution in [1.82, 2.24) is 0 Å². The molecule has 23 heavy (non-hydrogen) atoms. The number of carbonyl (C=O) groups is 1. The van der Waals surface area contributed by atoms with Crippen molar-refractivity contribution >= 4 is 11.9 Å². The van der Waals surface area contributed by atoms with Crippen LogP contribution in [0.15, 0.2) is 36.4 Å². The Morgan fingerprint density at radius 1 is 1.04 bits per heavy atom. The lowest BCUT2D eigenvalue weighted by molar-refractivity contribution is 0.104. The van der Waals surface area contributed by atoms with Crippen LogP contribution in [0.5, 0.6) is 17.2 Å². The third kappa shape index (κ3) is 3.72. The van der Waals surface area contributed by atoms with E-state index in [1.54, 1.807) is 31.4 Å². The van der Waals surface area contributed by atoms with Crippen LogP contribution in [-0.2, 0) is 0 Å². The van der Waals surface area contributed by atoms with Crippen LogP contribution >= 0.6 is 0 Å². The highest BCUT2D eigenvalue weighted by atomic mass is 16.5. The Balaban J connectivity index is 2.32. The zero-order valence-corrected chi connectivity index (χ0v) is 13.7. The third-order valence-corrected chi connectivity index (χ3v) is 3.61. The zero-order chi connectivity index (χ0) is 17.0. The number of rotatable bonds is 5. The van der Waals surface area contributed by atoms with E-state index in [0.717, 1.165) is 16.7 Å². The number of benzene rings is 2. The van der Waals surface area contributed by atoms with Crippen molar-refractivity contribution in [2.24, 2.45) is 0 Å². The summed E-state index contributed by atoms with van der Waals surface area (Å²) in [5.74, 6) is 1.20. The molecule has 2 rings (SSSR count). The summed E-state index contributed by atoms with van der Waals surface area (Å²) < 4.78 is 10.4. The number of hydrogen-bond acceptors (Lipinski definition) is 4. The van der Waals surface area contributed by atoms with Gasteiger partial charge in [-0.3, -0.25) is 4.79 Å².